The smallest absolute Gasteiger partial charge is 0.228 e. The van der Waals surface area contributed by atoms with Gasteiger partial charge in [0.15, 0.2) is 0 Å². The number of anilines is 1. The van der Waals surface area contributed by atoms with Crippen molar-refractivity contribution in [3.05, 3.63) is 59.5 Å². The van der Waals surface area contributed by atoms with E-state index in [0.29, 0.717) is 24.5 Å². The highest BCUT2D eigenvalue weighted by atomic mass is 32.1. The quantitative estimate of drug-likeness (QED) is 0.558. The molecule has 126 valence electrons. The van der Waals surface area contributed by atoms with Crippen LogP contribution < -0.4 is 5.32 Å². The van der Waals surface area contributed by atoms with E-state index in [1.54, 1.807) is 10.9 Å². The molecule has 3 heterocycles. The number of para-hydroxylation sites is 1. The fraction of sp³-hybridized carbons (Fsp3) is 0.176. The normalized spacial score (nSPS) is 11.0. The van der Waals surface area contributed by atoms with Crippen LogP contribution in [0.2, 0.25) is 0 Å². The average molecular weight is 352 g/mol. The van der Waals surface area contributed by atoms with Crippen molar-refractivity contribution in [2.75, 3.05) is 5.32 Å². The number of aromatic nitrogens is 5. The van der Waals surface area contributed by atoms with Gasteiger partial charge in [0.25, 0.3) is 0 Å². The Morgan fingerprint density at radius 2 is 2.16 bits per heavy atom. The number of fused-ring (bicyclic) bond motifs is 1. The maximum atomic E-state index is 12.0. The van der Waals surface area contributed by atoms with E-state index in [1.807, 2.05) is 36.7 Å². The summed E-state index contributed by atoms with van der Waals surface area (Å²) < 4.78 is 1.72. The number of aromatic amines is 1. The monoisotopic (exact) mass is 352 g/mol. The van der Waals surface area contributed by atoms with Gasteiger partial charge in [-0.1, -0.05) is 29.5 Å². The van der Waals surface area contributed by atoms with E-state index < -0.39 is 0 Å². The summed E-state index contributed by atoms with van der Waals surface area (Å²) >= 11 is 1.40. The zero-order valence-electron chi connectivity index (χ0n) is 13.3. The zero-order valence-corrected chi connectivity index (χ0v) is 14.2. The molecular formula is C17H16N6OS. The van der Waals surface area contributed by atoms with Gasteiger partial charge in [-0.15, -0.1) is 10.2 Å². The first-order valence-electron chi connectivity index (χ1n) is 7.92. The molecule has 0 spiro atoms. The number of hydrogen-bond acceptors (Lipinski definition) is 5. The maximum Gasteiger partial charge on any atom is 0.228 e. The highest BCUT2D eigenvalue weighted by molar-refractivity contribution is 7.15. The molecule has 0 saturated heterocycles. The summed E-state index contributed by atoms with van der Waals surface area (Å²) in [6.45, 7) is 0.542. The van der Waals surface area contributed by atoms with Gasteiger partial charge in [-0.25, -0.2) is 0 Å². The molecule has 3 aromatic heterocycles. The number of carbonyl (C=O) groups excluding carboxylic acids is 1. The van der Waals surface area contributed by atoms with E-state index in [9.17, 15) is 4.79 Å². The summed E-state index contributed by atoms with van der Waals surface area (Å²) in [5, 5.41) is 17.7. The average Bonchev–Trinajstić information content (AvgIpc) is 3.36. The van der Waals surface area contributed by atoms with Crippen LogP contribution in [0.25, 0.3) is 10.9 Å². The summed E-state index contributed by atoms with van der Waals surface area (Å²) in [5.41, 5.74) is 2.28. The van der Waals surface area contributed by atoms with Gasteiger partial charge in [0.2, 0.25) is 11.0 Å². The van der Waals surface area contributed by atoms with Crippen molar-refractivity contribution in [3.63, 3.8) is 0 Å². The topological polar surface area (TPSA) is 88.5 Å². The predicted molar refractivity (Wildman–Crippen MR) is 96.5 cm³/mol. The fourth-order valence-electron chi connectivity index (χ4n) is 2.65. The second-order valence-electron chi connectivity index (χ2n) is 5.60. The molecule has 0 bridgehead atoms. The molecule has 4 aromatic rings. The third-order valence-electron chi connectivity index (χ3n) is 3.86. The number of amides is 1. The van der Waals surface area contributed by atoms with Crippen LogP contribution in [0.4, 0.5) is 5.13 Å². The number of H-pyrrole nitrogens is 1. The standard InChI is InChI=1S/C17H16N6OS/c24-15(6-9-23-8-3-7-19-23)20-17-22-21-16(25-17)10-12-11-18-14-5-2-1-4-13(12)14/h1-5,7-8,11,18H,6,9-10H2,(H,20,22,24). The predicted octanol–water partition coefficient (Wildman–Crippen LogP) is 2.84. The number of hydrogen-bond donors (Lipinski definition) is 2. The van der Waals surface area contributed by atoms with Crippen molar-refractivity contribution in [3.8, 4) is 0 Å². The van der Waals surface area contributed by atoms with Crippen LogP contribution in [0.5, 0.6) is 0 Å². The minimum atomic E-state index is -0.0923. The summed E-state index contributed by atoms with van der Waals surface area (Å²) in [6, 6.07) is 9.99. The van der Waals surface area contributed by atoms with Crippen molar-refractivity contribution < 1.29 is 4.79 Å². The third-order valence-corrected chi connectivity index (χ3v) is 4.70. The molecule has 25 heavy (non-hydrogen) atoms. The number of nitrogens with zero attached hydrogens (tertiary/aromatic N) is 4. The SMILES string of the molecule is O=C(CCn1cccn1)Nc1nnc(Cc2c[nH]c3ccccc23)s1. The Morgan fingerprint density at radius 3 is 3.04 bits per heavy atom. The summed E-state index contributed by atoms with van der Waals surface area (Å²) in [6.07, 6.45) is 6.55. The van der Waals surface area contributed by atoms with E-state index in [1.165, 1.54) is 22.3 Å². The second-order valence-corrected chi connectivity index (χ2v) is 6.67. The van der Waals surface area contributed by atoms with Gasteiger partial charge in [-0.2, -0.15) is 5.10 Å². The minimum Gasteiger partial charge on any atom is -0.361 e. The lowest BCUT2D eigenvalue weighted by molar-refractivity contribution is -0.116. The van der Waals surface area contributed by atoms with Crippen LogP contribution in [0.3, 0.4) is 0 Å². The number of rotatable bonds is 6. The van der Waals surface area contributed by atoms with E-state index in [0.717, 1.165) is 10.5 Å². The molecule has 0 aliphatic rings. The van der Waals surface area contributed by atoms with Gasteiger partial charge in [-0.3, -0.25) is 9.48 Å². The first-order valence-corrected chi connectivity index (χ1v) is 8.74. The third kappa shape index (κ3) is 3.58. The van der Waals surface area contributed by atoms with E-state index >= 15 is 0 Å². The Bertz CT molecular complexity index is 988. The fourth-order valence-corrected chi connectivity index (χ4v) is 3.43. The van der Waals surface area contributed by atoms with Crippen LogP contribution in [-0.2, 0) is 17.8 Å². The van der Waals surface area contributed by atoms with Gasteiger partial charge in [0.1, 0.15) is 5.01 Å². The van der Waals surface area contributed by atoms with E-state index in [-0.39, 0.29) is 5.91 Å². The molecule has 0 atom stereocenters. The number of benzene rings is 1. The highest BCUT2D eigenvalue weighted by Crippen LogP contribution is 2.23. The van der Waals surface area contributed by atoms with Gasteiger partial charge in [0, 0.05) is 48.9 Å². The van der Waals surface area contributed by atoms with Crippen LogP contribution in [-0.4, -0.2) is 30.9 Å². The Kier molecular flexibility index (Phi) is 4.26. The Labute approximate surface area is 147 Å². The van der Waals surface area contributed by atoms with E-state index in [4.69, 9.17) is 0 Å². The van der Waals surface area contributed by atoms with Gasteiger partial charge < -0.3 is 10.3 Å². The number of aryl methyl sites for hydroxylation is 1. The van der Waals surface area contributed by atoms with Gasteiger partial charge in [-0.05, 0) is 17.7 Å². The van der Waals surface area contributed by atoms with Gasteiger partial charge >= 0.3 is 0 Å². The molecule has 1 aromatic carbocycles. The molecule has 7 nitrogen and oxygen atoms in total. The molecule has 1 amide bonds. The molecule has 0 aliphatic heterocycles. The van der Waals surface area contributed by atoms with Crippen molar-refractivity contribution in [2.24, 2.45) is 0 Å². The molecular weight excluding hydrogens is 336 g/mol. The lowest BCUT2D eigenvalue weighted by Gasteiger charge is -2.01. The zero-order chi connectivity index (χ0) is 17.1. The molecule has 0 aliphatic carbocycles. The van der Waals surface area contributed by atoms with Crippen LogP contribution >= 0.6 is 11.3 Å². The maximum absolute atomic E-state index is 12.0. The lowest BCUT2D eigenvalue weighted by Crippen LogP contribution is -2.14. The van der Waals surface area contributed by atoms with Crippen LogP contribution in [0.15, 0.2) is 48.9 Å². The molecule has 8 heteroatoms. The van der Waals surface area contributed by atoms with Crippen LogP contribution in [0, 0.1) is 0 Å². The number of nitrogens with one attached hydrogen (secondary N) is 2. The molecule has 4 rings (SSSR count). The van der Waals surface area contributed by atoms with Crippen molar-refractivity contribution in [1.82, 2.24) is 25.0 Å². The Morgan fingerprint density at radius 1 is 1.24 bits per heavy atom. The Balaban J connectivity index is 1.37. The summed E-state index contributed by atoms with van der Waals surface area (Å²) in [7, 11) is 0. The summed E-state index contributed by atoms with van der Waals surface area (Å²) in [5.74, 6) is -0.0923. The molecule has 0 fully saturated rings. The minimum absolute atomic E-state index is 0.0923. The van der Waals surface area contributed by atoms with Crippen molar-refractivity contribution in [1.29, 1.82) is 0 Å². The first kappa shape index (κ1) is 15.5. The number of carbonyl (C=O) groups is 1. The largest absolute Gasteiger partial charge is 0.361 e. The first-order chi connectivity index (χ1) is 12.3. The summed E-state index contributed by atoms with van der Waals surface area (Å²) in [4.78, 5) is 15.2. The molecule has 0 unspecified atom stereocenters. The van der Waals surface area contributed by atoms with E-state index in [2.05, 4.69) is 31.7 Å². The molecule has 0 radical (unpaired) electrons. The van der Waals surface area contributed by atoms with Gasteiger partial charge in [0.05, 0.1) is 0 Å². The highest BCUT2D eigenvalue weighted by Gasteiger charge is 2.11. The van der Waals surface area contributed by atoms with Crippen molar-refractivity contribution in [2.45, 2.75) is 19.4 Å². The molecule has 0 saturated carbocycles. The second kappa shape index (κ2) is 6.86. The lowest BCUT2D eigenvalue weighted by atomic mass is 10.1. The molecule has 2 N–H and O–H groups in total. The van der Waals surface area contributed by atoms with Crippen LogP contribution in [0.1, 0.15) is 17.0 Å². The van der Waals surface area contributed by atoms with Crippen molar-refractivity contribution >= 4 is 33.3 Å². The Hall–Kier alpha value is -3.00.